The fraction of sp³-hybridized carbons (Fsp3) is 0.538. The molecule has 5 nitrogen and oxygen atoms in total. The highest BCUT2D eigenvalue weighted by atomic mass is 35.5. The number of amides is 1. The molecule has 106 valence electrons. The van der Waals surface area contributed by atoms with E-state index in [1.807, 2.05) is 0 Å². The molecule has 20 heavy (non-hydrogen) atoms. The number of carbonyl (C=O) groups is 1. The van der Waals surface area contributed by atoms with Crippen molar-refractivity contribution in [3.8, 4) is 6.07 Å². The van der Waals surface area contributed by atoms with Gasteiger partial charge in [0.25, 0.3) is 5.91 Å². The van der Waals surface area contributed by atoms with Gasteiger partial charge in [0.2, 0.25) is 0 Å². The molecule has 0 atom stereocenters. The molecule has 0 N–H and O–H groups in total. The Kier molecular flexibility index (Phi) is 4.46. The molecule has 0 radical (unpaired) electrons. The average molecular weight is 313 g/mol. The van der Waals surface area contributed by atoms with Crippen LogP contribution in [-0.4, -0.2) is 33.6 Å². The van der Waals surface area contributed by atoms with Crippen LogP contribution in [0, 0.1) is 11.3 Å². The van der Waals surface area contributed by atoms with Crippen molar-refractivity contribution in [2.24, 2.45) is 0 Å². The van der Waals surface area contributed by atoms with Crippen molar-refractivity contribution in [3.63, 3.8) is 0 Å². The van der Waals surface area contributed by atoms with Crippen LogP contribution in [0.25, 0.3) is 0 Å². The average Bonchev–Trinajstić information content (AvgIpc) is 2.49. The van der Waals surface area contributed by atoms with E-state index in [-0.39, 0.29) is 21.8 Å². The standard InChI is InChI=1S/C13H14Cl2N4O/c1-19(13(8-16)5-3-2-4-6-13)12(20)9-7-10(14)17-18-11(9)15/h7H,2-6H2,1H3. The third-order valence-corrected chi connectivity index (χ3v) is 4.25. The Morgan fingerprint density at radius 2 is 2.00 bits per heavy atom. The maximum atomic E-state index is 12.5. The molecular weight excluding hydrogens is 299 g/mol. The SMILES string of the molecule is CN(C(=O)c1cc(Cl)nnc1Cl)C1(C#N)CCCCC1. The van der Waals surface area contributed by atoms with E-state index in [2.05, 4.69) is 16.3 Å². The van der Waals surface area contributed by atoms with Crippen LogP contribution in [0.1, 0.15) is 42.5 Å². The number of nitriles is 1. The second-order valence-electron chi connectivity index (χ2n) is 4.94. The largest absolute Gasteiger partial charge is 0.323 e. The minimum atomic E-state index is -0.769. The van der Waals surface area contributed by atoms with Gasteiger partial charge in [0, 0.05) is 7.05 Å². The first-order chi connectivity index (χ1) is 9.50. The van der Waals surface area contributed by atoms with E-state index in [1.165, 1.54) is 11.0 Å². The smallest absolute Gasteiger partial charge is 0.258 e. The normalized spacial score (nSPS) is 17.3. The fourth-order valence-electron chi connectivity index (χ4n) is 2.54. The van der Waals surface area contributed by atoms with Crippen molar-refractivity contribution >= 4 is 29.1 Å². The van der Waals surface area contributed by atoms with Gasteiger partial charge in [-0.25, -0.2) is 0 Å². The van der Waals surface area contributed by atoms with Gasteiger partial charge in [-0.3, -0.25) is 4.79 Å². The number of hydrogen-bond donors (Lipinski definition) is 0. The summed E-state index contributed by atoms with van der Waals surface area (Å²) in [5.74, 6) is -0.352. The highest BCUT2D eigenvalue weighted by molar-refractivity contribution is 6.34. The van der Waals surface area contributed by atoms with E-state index in [9.17, 15) is 10.1 Å². The maximum absolute atomic E-state index is 12.5. The molecule has 1 aromatic rings. The highest BCUT2D eigenvalue weighted by Gasteiger charge is 2.39. The fourth-order valence-corrected chi connectivity index (χ4v) is 2.86. The Morgan fingerprint density at radius 1 is 1.35 bits per heavy atom. The predicted octanol–water partition coefficient (Wildman–Crippen LogP) is 3.08. The lowest BCUT2D eigenvalue weighted by atomic mass is 9.81. The number of halogens is 2. The molecule has 1 fully saturated rings. The van der Waals surface area contributed by atoms with Crippen molar-refractivity contribution in [3.05, 3.63) is 21.9 Å². The van der Waals surface area contributed by atoms with Crippen LogP contribution in [0.2, 0.25) is 10.3 Å². The molecule has 0 spiro atoms. The lowest BCUT2D eigenvalue weighted by Gasteiger charge is -2.39. The van der Waals surface area contributed by atoms with Crippen LogP contribution in [-0.2, 0) is 0 Å². The summed E-state index contributed by atoms with van der Waals surface area (Å²) in [6.45, 7) is 0. The Bertz CT molecular complexity index is 564. The molecule has 1 heterocycles. The van der Waals surface area contributed by atoms with Crippen molar-refractivity contribution < 1.29 is 4.79 Å². The highest BCUT2D eigenvalue weighted by Crippen LogP contribution is 2.33. The van der Waals surface area contributed by atoms with Gasteiger partial charge in [-0.2, -0.15) is 5.26 Å². The molecule has 0 aliphatic heterocycles. The van der Waals surface area contributed by atoms with Crippen molar-refractivity contribution in [2.45, 2.75) is 37.6 Å². The van der Waals surface area contributed by atoms with Crippen LogP contribution < -0.4 is 0 Å². The van der Waals surface area contributed by atoms with E-state index in [1.54, 1.807) is 7.05 Å². The minimum Gasteiger partial charge on any atom is -0.323 e. The topological polar surface area (TPSA) is 69.9 Å². The first-order valence-electron chi connectivity index (χ1n) is 6.38. The summed E-state index contributed by atoms with van der Waals surface area (Å²) in [5, 5.41) is 16.8. The van der Waals surface area contributed by atoms with Gasteiger partial charge in [0.15, 0.2) is 10.3 Å². The van der Waals surface area contributed by atoms with Crippen molar-refractivity contribution in [1.29, 1.82) is 5.26 Å². The lowest BCUT2D eigenvalue weighted by molar-refractivity contribution is 0.0588. The monoisotopic (exact) mass is 312 g/mol. The molecule has 1 saturated carbocycles. The molecular formula is C13H14Cl2N4O. The summed E-state index contributed by atoms with van der Waals surface area (Å²) in [4.78, 5) is 14.0. The molecule has 1 aliphatic rings. The number of rotatable bonds is 2. The van der Waals surface area contributed by atoms with E-state index in [0.717, 1.165) is 19.3 Å². The Labute approximate surface area is 127 Å². The predicted molar refractivity (Wildman–Crippen MR) is 75.6 cm³/mol. The van der Waals surface area contributed by atoms with E-state index in [4.69, 9.17) is 23.2 Å². The second-order valence-corrected chi connectivity index (χ2v) is 5.69. The second kappa shape index (κ2) is 5.94. The number of nitrogens with zero attached hydrogens (tertiary/aromatic N) is 4. The summed E-state index contributed by atoms with van der Waals surface area (Å²) >= 11 is 11.7. The van der Waals surface area contributed by atoms with Crippen LogP contribution in [0.3, 0.4) is 0 Å². The van der Waals surface area contributed by atoms with Crippen molar-refractivity contribution in [1.82, 2.24) is 15.1 Å². The molecule has 1 aromatic heterocycles. The summed E-state index contributed by atoms with van der Waals surface area (Å²) in [6.07, 6.45) is 4.32. The zero-order valence-corrected chi connectivity index (χ0v) is 12.6. The molecule has 0 unspecified atom stereocenters. The number of aromatic nitrogens is 2. The van der Waals surface area contributed by atoms with E-state index < -0.39 is 5.54 Å². The van der Waals surface area contributed by atoms with Gasteiger partial charge in [0.1, 0.15) is 5.54 Å². The molecule has 2 rings (SSSR count). The van der Waals surface area contributed by atoms with E-state index in [0.29, 0.717) is 12.8 Å². The van der Waals surface area contributed by atoms with Gasteiger partial charge < -0.3 is 4.90 Å². The van der Waals surface area contributed by atoms with Gasteiger partial charge >= 0.3 is 0 Å². The van der Waals surface area contributed by atoms with Crippen LogP contribution in [0.5, 0.6) is 0 Å². The van der Waals surface area contributed by atoms with Crippen LogP contribution in [0.15, 0.2) is 6.07 Å². The number of carbonyl (C=O) groups excluding carboxylic acids is 1. The Hall–Kier alpha value is -1.38. The lowest BCUT2D eigenvalue weighted by Crippen LogP contribution is -2.49. The molecule has 0 aromatic carbocycles. The Morgan fingerprint density at radius 3 is 2.60 bits per heavy atom. The maximum Gasteiger partial charge on any atom is 0.258 e. The molecule has 0 bridgehead atoms. The van der Waals surface area contributed by atoms with Gasteiger partial charge in [-0.05, 0) is 18.9 Å². The summed E-state index contributed by atoms with van der Waals surface area (Å²) < 4.78 is 0. The van der Waals surface area contributed by atoms with Gasteiger partial charge in [0.05, 0.1) is 11.6 Å². The molecule has 1 amide bonds. The van der Waals surface area contributed by atoms with Gasteiger partial charge in [-0.1, -0.05) is 42.5 Å². The third kappa shape index (κ3) is 2.72. The molecule has 0 saturated heterocycles. The van der Waals surface area contributed by atoms with Crippen LogP contribution >= 0.6 is 23.2 Å². The quantitative estimate of drug-likeness (QED) is 0.841. The van der Waals surface area contributed by atoms with Gasteiger partial charge in [-0.15, -0.1) is 10.2 Å². The zero-order chi connectivity index (χ0) is 14.8. The first-order valence-corrected chi connectivity index (χ1v) is 7.14. The van der Waals surface area contributed by atoms with Crippen LogP contribution in [0.4, 0.5) is 0 Å². The van der Waals surface area contributed by atoms with E-state index >= 15 is 0 Å². The van der Waals surface area contributed by atoms with Crippen molar-refractivity contribution in [2.75, 3.05) is 7.05 Å². The molecule has 1 aliphatic carbocycles. The number of hydrogen-bond acceptors (Lipinski definition) is 4. The Balaban J connectivity index is 2.32. The third-order valence-electron chi connectivity index (χ3n) is 3.78. The first kappa shape index (κ1) is 15.0. The minimum absolute atomic E-state index is 0.00449. The summed E-state index contributed by atoms with van der Waals surface area (Å²) in [5.41, 5.74) is -0.594. The zero-order valence-electron chi connectivity index (χ0n) is 11.1. The summed E-state index contributed by atoms with van der Waals surface area (Å²) in [7, 11) is 1.63. The molecule has 7 heteroatoms. The summed E-state index contributed by atoms with van der Waals surface area (Å²) in [6, 6.07) is 3.67.